The fraction of sp³-hybridized carbons (Fsp3) is 0.125. The molecular formula is C16H14O4. The molecule has 0 aliphatic heterocycles. The molecule has 0 aromatic heterocycles. The van der Waals surface area contributed by atoms with E-state index in [1.54, 1.807) is 54.6 Å². The number of carbonyl (C=O) groups is 2. The Kier molecular flexibility index (Phi) is 4.63. The van der Waals surface area contributed by atoms with Crippen molar-refractivity contribution in [2.45, 2.75) is 6.42 Å². The summed E-state index contributed by atoms with van der Waals surface area (Å²) in [6.07, 6.45) is 0.526. The van der Waals surface area contributed by atoms with Crippen LogP contribution < -0.4 is 0 Å². The zero-order chi connectivity index (χ0) is 14.4. The lowest BCUT2D eigenvalue weighted by Crippen LogP contribution is -2.12. The molecule has 102 valence electrons. The first-order valence-corrected chi connectivity index (χ1v) is 6.22. The second-order valence-electron chi connectivity index (χ2n) is 4.21. The number of aliphatic hydroxyl groups is 1. The van der Waals surface area contributed by atoms with Crippen LogP contribution in [0.5, 0.6) is 0 Å². The SMILES string of the molecule is O=C(OC(=O)c1ccc(CCO)cc1)c1ccccc1. The molecule has 0 spiro atoms. The van der Waals surface area contributed by atoms with Gasteiger partial charge in [0.05, 0.1) is 11.1 Å². The van der Waals surface area contributed by atoms with Gasteiger partial charge < -0.3 is 9.84 Å². The summed E-state index contributed by atoms with van der Waals surface area (Å²) < 4.78 is 4.80. The molecule has 4 heteroatoms. The van der Waals surface area contributed by atoms with Gasteiger partial charge in [-0.05, 0) is 36.2 Å². The maximum atomic E-state index is 11.8. The molecule has 2 aromatic carbocycles. The molecule has 4 nitrogen and oxygen atoms in total. The van der Waals surface area contributed by atoms with Gasteiger partial charge in [0.15, 0.2) is 0 Å². The average Bonchev–Trinajstić information content (AvgIpc) is 2.49. The van der Waals surface area contributed by atoms with E-state index in [2.05, 4.69) is 0 Å². The number of rotatable bonds is 4. The van der Waals surface area contributed by atoms with E-state index >= 15 is 0 Å². The molecule has 0 bridgehead atoms. The predicted molar refractivity (Wildman–Crippen MR) is 73.4 cm³/mol. The Hall–Kier alpha value is -2.46. The molecule has 2 aromatic rings. The molecule has 0 saturated heterocycles. The van der Waals surface area contributed by atoms with Gasteiger partial charge in [-0.1, -0.05) is 30.3 Å². The average molecular weight is 270 g/mol. The highest BCUT2D eigenvalue weighted by Crippen LogP contribution is 2.09. The fourth-order valence-electron chi connectivity index (χ4n) is 1.71. The van der Waals surface area contributed by atoms with Crippen molar-refractivity contribution in [2.24, 2.45) is 0 Å². The Balaban J connectivity index is 2.03. The Bertz CT molecular complexity index is 588. The lowest BCUT2D eigenvalue weighted by Gasteiger charge is -2.04. The first kappa shape index (κ1) is 14.0. The van der Waals surface area contributed by atoms with Crippen molar-refractivity contribution in [3.63, 3.8) is 0 Å². The van der Waals surface area contributed by atoms with Crippen molar-refractivity contribution in [1.82, 2.24) is 0 Å². The molecule has 2 rings (SSSR count). The summed E-state index contributed by atoms with van der Waals surface area (Å²) in [6, 6.07) is 14.9. The first-order valence-electron chi connectivity index (χ1n) is 6.22. The number of aliphatic hydroxyl groups excluding tert-OH is 1. The number of esters is 2. The van der Waals surface area contributed by atoms with E-state index in [9.17, 15) is 9.59 Å². The maximum Gasteiger partial charge on any atom is 0.346 e. The molecule has 0 unspecified atom stereocenters. The van der Waals surface area contributed by atoms with Crippen LogP contribution in [0.3, 0.4) is 0 Å². The molecule has 0 atom stereocenters. The van der Waals surface area contributed by atoms with E-state index in [0.717, 1.165) is 5.56 Å². The molecule has 0 fully saturated rings. The minimum atomic E-state index is -0.686. The van der Waals surface area contributed by atoms with Gasteiger partial charge in [-0.15, -0.1) is 0 Å². The van der Waals surface area contributed by atoms with E-state index in [-0.39, 0.29) is 6.61 Å². The smallest absolute Gasteiger partial charge is 0.346 e. The van der Waals surface area contributed by atoms with Gasteiger partial charge >= 0.3 is 11.9 Å². The topological polar surface area (TPSA) is 63.6 Å². The van der Waals surface area contributed by atoms with Crippen LogP contribution in [0, 0.1) is 0 Å². The van der Waals surface area contributed by atoms with Crippen molar-refractivity contribution in [1.29, 1.82) is 0 Å². The van der Waals surface area contributed by atoms with Gasteiger partial charge in [0.25, 0.3) is 0 Å². The molecule has 20 heavy (non-hydrogen) atoms. The van der Waals surface area contributed by atoms with Crippen LogP contribution in [0.15, 0.2) is 54.6 Å². The lowest BCUT2D eigenvalue weighted by molar-refractivity contribution is 0.0398. The summed E-state index contributed by atoms with van der Waals surface area (Å²) in [6.45, 7) is 0.0519. The van der Waals surface area contributed by atoms with Crippen molar-refractivity contribution >= 4 is 11.9 Å². The predicted octanol–water partition coefficient (Wildman–Crippen LogP) is 2.22. The third-order valence-electron chi connectivity index (χ3n) is 2.79. The highest BCUT2D eigenvalue weighted by atomic mass is 16.6. The summed E-state index contributed by atoms with van der Waals surface area (Å²) in [5.41, 5.74) is 1.55. The van der Waals surface area contributed by atoms with Crippen LogP contribution in [-0.4, -0.2) is 23.7 Å². The summed E-state index contributed by atoms with van der Waals surface area (Å²) >= 11 is 0. The molecule has 0 saturated carbocycles. The zero-order valence-electron chi connectivity index (χ0n) is 10.8. The first-order chi connectivity index (χ1) is 9.70. The molecular weight excluding hydrogens is 256 g/mol. The molecule has 0 heterocycles. The number of carbonyl (C=O) groups excluding carboxylic acids is 2. The summed E-state index contributed by atoms with van der Waals surface area (Å²) in [5.74, 6) is -1.36. The van der Waals surface area contributed by atoms with Crippen LogP contribution in [0.1, 0.15) is 26.3 Å². The fourth-order valence-corrected chi connectivity index (χ4v) is 1.71. The molecule has 1 N–H and O–H groups in total. The maximum absolute atomic E-state index is 11.8. The van der Waals surface area contributed by atoms with Crippen LogP contribution in [0.4, 0.5) is 0 Å². The van der Waals surface area contributed by atoms with Gasteiger partial charge in [-0.2, -0.15) is 0 Å². The van der Waals surface area contributed by atoms with Crippen molar-refractivity contribution in [2.75, 3.05) is 6.61 Å². The van der Waals surface area contributed by atoms with Crippen molar-refractivity contribution in [3.05, 3.63) is 71.3 Å². The molecule has 0 aliphatic carbocycles. The van der Waals surface area contributed by atoms with E-state index in [1.165, 1.54) is 0 Å². The second-order valence-corrected chi connectivity index (χ2v) is 4.21. The summed E-state index contributed by atoms with van der Waals surface area (Å²) in [5, 5.41) is 8.81. The normalized spacial score (nSPS) is 10.1. The van der Waals surface area contributed by atoms with E-state index < -0.39 is 11.9 Å². The quantitative estimate of drug-likeness (QED) is 0.683. The third kappa shape index (κ3) is 3.52. The standard InChI is InChI=1S/C16H14O4/c17-11-10-12-6-8-14(9-7-12)16(19)20-15(18)13-4-2-1-3-5-13/h1-9,17H,10-11H2. The van der Waals surface area contributed by atoms with E-state index in [4.69, 9.17) is 9.84 Å². The van der Waals surface area contributed by atoms with Crippen molar-refractivity contribution in [3.8, 4) is 0 Å². The Labute approximate surface area is 116 Å². The van der Waals surface area contributed by atoms with Crippen molar-refractivity contribution < 1.29 is 19.4 Å². The third-order valence-corrected chi connectivity index (χ3v) is 2.79. The Morgan fingerprint density at radius 1 is 0.850 bits per heavy atom. The minimum Gasteiger partial charge on any atom is -0.396 e. The van der Waals surface area contributed by atoms with Gasteiger partial charge in [0.2, 0.25) is 0 Å². The van der Waals surface area contributed by atoms with Gasteiger partial charge in [-0.25, -0.2) is 9.59 Å². The van der Waals surface area contributed by atoms with Crippen LogP contribution >= 0.6 is 0 Å². The van der Waals surface area contributed by atoms with Crippen LogP contribution in [-0.2, 0) is 11.2 Å². The van der Waals surface area contributed by atoms with Crippen LogP contribution in [0.25, 0.3) is 0 Å². The number of ether oxygens (including phenoxy) is 1. The zero-order valence-corrected chi connectivity index (χ0v) is 10.8. The Morgan fingerprint density at radius 3 is 1.95 bits per heavy atom. The second kappa shape index (κ2) is 6.63. The van der Waals surface area contributed by atoms with E-state index in [0.29, 0.717) is 17.5 Å². The van der Waals surface area contributed by atoms with Crippen LogP contribution in [0.2, 0.25) is 0 Å². The highest BCUT2D eigenvalue weighted by Gasteiger charge is 2.14. The number of hydrogen-bond acceptors (Lipinski definition) is 4. The molecule has 0 aliphatic rings. The number of hydrogen-bond donors (Lipinski definition) is 1. The largest absolute Gasteiger partial charge is 0.396 e. The van der Waals surface area contributed by atoms with Gasteiger partial charge in [0.1, 0.15) is 0 Å². The molecule has 0 radical (unpaired) electrons. The van der Waals surface area contributed by atoms with Gasteiger partial charge in [0, 0.05) is 6.61 Å². The molecule has 0 amide bonds. The Morgan fingerprint density at radius 2 is 1.40 bits per heavy atom. The summed E-state index contributed by atoms with van der Waals surface area (Å²) in [7, 11) is 0. The lowest BCUT2D eigenvalue weighted by atomic mass is 10.1. The highest BCUT2D eigenvalue weighted by molar-refractivity contribution is 6.02. The monoisotopic (exact) mass is 270 g/mol. The minimum absolute atomic E-state index is 0.0519. The summed E-state index contributed by atoms with van der Waals surface area (Å²) in [4.78, 5) is 23.5. The van der Waals surface area contributed by atoms with E-state index in [1.807, 2.05) is 0 Å². The van der Waals surface area contributed by atoms with Gasteiger partial charge in [-0.3, -0.25) is 0 Å². The number of benzene rings is 2.